The smallest absolute Gasteiger partial charge is 0.323 e. The van der Waals surface area contributed by atoms with Crippen LogP contribution < -0.4 is 9.82 Å². The van der Waals surface area contributed by atoms with Crippen LogP contribution in [0, 0.1) is 0 Å². The van der Waals surface area contributed by atoms with Gasteiger partial charge in [-0.05, 0) is 43.7 Å². The van der Waals surface area contributed by atoms with E-state index in [0.29, 0.717) is 0 Å². The average molecular weight is 429 g/mol. The SMILES string of the molecule is COCP(=O)(N[C@@H](C)C(=O)OC(C)C)OCOc1c(C(C)C)cccc1C(C)C. The summed E-state index contributed by atoms with van der Waals surface area (Å²) in [5, 5.41) is 2.71. The molecule has 0 bridgehead atoms. The van der Waals surface area contributed by atoms with Crippen molar-refractivity contribution in [3.63, 3.8) is 0 Å². The lowest BCUT2D eigenvalue weighted by molar-refractivity contribution is -0.149. The third-order valence-corrected chi connectivity index (χ3v) is 6.08. The van der Waals surface area contributed by atoms with E-state index in [-0.39, 0.29) is 31.1 Å². The topological polar surface area (TPSA) is 83.1 Å². The Hall–Kier alpha value is -1.40. The largest absolute Gasteiger partial charge is 0.466 e. The second-order valence-corrected chi connectivity index (χ2v) is 10.0. The number of esters is 1. The third-order valence-electron chi connectivity index (χ3n) is 4.18. The molecule has 0 amide bonds. The van der Waals surface area contributed by atoms with E-state index >= 15 is 0 Å². The van der Waals surface area contributed by atoms with Gasteiger partial charge in [-0.25, -0.2) is 5.09 Å². The molecule has 0 aliphatic carbocycles. The molecule has 1 rings (SSSR count). The highest BCUT2D eigenvalue weighted by atomic mass is 31.2. The molecule has 2 atom stereocenters. The summed E-state index contributed by atoms with van der Waals surface area (Å²) in [6, 6.07) is 5.23. The van der Waals surface area contributed by atoms with Crippen LogP contribution in [0.3, 0.4) is 0 Å². The van der Waals surface area contributed by atoms with Crippen molar-refractivity contribution in [2.45, 2.75) is 72.4 Å². The van der Waals surface area contributed by atoms with Crippen LogP contribution in [0.25, 0.3) is 0 Å². The lowest BCUT2D eigenvalue weighted by Gasteiger charge is -2.24. The number of hydrogen-bond donors (Lipinski definition) is 1. The molecule has 166 valence electrons. The van der Waals surface area contributed by atoms with Crippen LogP contribution in [-0.2, 0) is 23.4 Å². The summed E-state index contributed by atoms with van der Waals surface area (Å²) in [4.78, 5) is 12.0. The molecule has 0 saturated carbocycles. The minimum Gasteiger partial charge on any atom is -0.466 e. The summed E-state index contributed by atoms with van der Waals surface area (Å²) in [5.41, 5.74) is 2.12. The van der Waals surface area contributed by atoms with Crippen molar-refractivity contribution in [1.82, 2.24) is 5.09 Å². The van der Waals surface area contributed by atoms with E-state index in [1.54, 1.807) is 20.8 Å². The van der Waals surface area contributed by atoms with Crippen molar-refractivity contribution < 1.29 is 28.1 Å². The molecule has 0 saturated heterocycles. The normalized spacial score (nSPS) is 14.9. The number of rotatable bonds is 12. The number of carbonyl (C=O) groups is 1. The quantitative estimate of drug-likeness (QED) is 0.284. The van der Waals surface area contributed by atoms with Crippen LogP contribution in [-0.4, -0.2) is 38.4 Å². The monoisotopic (exact) mass is 429 g/mol. The Balaban J connectivity index is 2.90. The second-order valence-electron chi connectivity index (χ2n) is 7.89. The van der Waals surface area contributed by atoms with Gasteiger partial charge in [-0.3, -0.25) is 13.9 Å². The van der Waals surface area contributed by atoms with Crippen molar-refractivity contribution in [1.29, 1.82) is 0 Å². The Morgan fingerprint density at radius 2 is 1.59 bits per heavy atom. The van der Waals surface area contributed by atoms with E-state index in [9.17, 15) is 9.36 Å². The van der Waals surface area contributed by atoms with Crippen molar-refractivity contribution in [3.05, 3.63) is 29.3 Å². The number of nitrogens with one attached hydrogen (secondary N) is 1. The van der Waals surface area contributed by atoms with Crippen LogP contribution in [0.15, 0.2) is 18.2 Å². The Kier molecular flexibility index (Phi) is 10.3. The van der Waals surface area contributed by atoms with Gasteiger partial charge in [0.05, 0.1) is 6.10 Å². The third kappa shape index (κ3) is 8.09. The molecule has 1 aromatic rings. The van der Waals surface area contributed by atoms with Crippen LogP contribution >= 0.6 is 7.52 Å². The first-order valence-corrected chi connectivity index (χ1v) is 11.8. The molecular formula is C21H36NO6P. The number of benzene rings is 1. The number of ether oxygens (including phenoxy) is 3. The standard InChI is InChI=1S/C21H36NO6P/c1-14(2)18-10-9-11-19(15(3)4)20(18)26-12-27-29(24,13-25-8)22-17(7)21(23)28-16(5)6/h9-11,14-17H,12-13H2,1-8H3,(H,22,24)/t17-,29?/m0/s1. The van der Waals surface area contributed by atoms with E-state index in [4.69, 9.17) is 18.7 Å². The molecule has 7 nitrogen and oxygen atoms in total. The molecule has 0 aliphatic rings. The number of methoxy groups -OCH3 is 1. The molecule has 0 aromatic heterocycles. The Morgan fingerprint density at radius 3 is 2.03 bits per heavy atom. The Morgan fingerprint density at radius 1 is 1.03 bits per heavy atom. The molecule has 0 spiro atoms. The highest BCUT2D eigenvalue weighted by Gasteiger charge is 2.30. The number of carbonyl (C=O) groups excluding carboxylic acids is 1. The van der Waals surface area contributed by atoms with E-state index in [1.807, 2.05) is 18.2 Å². The zero-order chi connectivity index (χ0) is 22.2. The Bertz CT molecular complexity index is 678. The molecule has 0 aliphatic heterocycles. The van der Waals surface area contributed by atoms with E-state index in [2.05, 4.69) is 32.8 Å². The van der Waals surface area contributed by atoms with Crippen molar-refractivity contribution in [2.24, 2.45) is 0 Å². The predicted octanol–water partition coefficient (Wildman–Crippen LogP) is 5.01. The Labute approximate surface area is 175 Å². The van der Waals surface area contributed by atoms with Crippen molar-refractivity contribution in [2.75, 3.05) is 20.3 Å². The zero-order valence-corrected chi connectivity index (χ0v) is 19.7. The van der Waals surface area contributed by atoms with Gasteiger partial charge in [0.25, 0.3) is 7.52 Å². The minimum absolute atomic E-state index is 0.196. The maximum atomic E-state index is 13.1. The highest BCUT2D eigenvalue weighted by molar-refractivity contribution is 7.56. The van der Waals surface area contributed by atoms with Gasteiger partial charge in [0.1, 0.15) is 18.1 Å². The van der Waals surface area contributed by atoms with Crippen LogP contribution in [0.5, 0.6) is 5.75 Å². The first-order chi connectivity index (χ1) is 13.5. The first kappa shape index (κ1) is 25.6. The van der Waals surface area contributed by atoms with Gasteiger partial charge in [0, 0.05) is 7.11 Å². The summed E-state index contributed by atoms with van der Waals surface area (Å²) in [6.07, 6.45) is -0.460. The van der Waals surface area contributed by atoms with Gasteiger partial charge in [-0.15, -0.1) is 0 Å². The van der Waals surface area contributed by atoms with Crippen LogP contribution in [0.1, 0.15) is 71.4 Å². The average Bonchev–Trinajstić information content (AvgIpc) is 2.60. The van der Waals surface area contributed by atoms with Gasteiger partial charge in [0.2, 0.25) is 0 Å². The maximum Gasteiger partial charge on any atom is 0.323 e. The molecule has 0 heterocycles. The van der Waals surface area contributed by atoms with Gasteiger partial charge >= 0.3 is 5.97 Å². The van der Waals surface area contributed by atoms with Crippen LogP contribution in [0.4, 0.5) is 0 Å². The molecule has 0 fully saturated rings. The first-order valence-electron chi connectivity index (χ1n) is 9.97. The molecule has 0 radical (unpaired) electrons. The summed E-state index contributed by atoms with van der Waals surface area (Å²) in [7, 11) is -2.07. The predicted molar refractivity (Wildman–Crippen MR) is 115 cm³/mol. The fourth-order valence-electron chi connectivity index (χ4n) is 2.78. The van der Waals surface area contributed by atoms with Gasteiger partial charge in [0.15, 0.2) is 6.79 Å². The number of hydrogen-bond acceptors (Lipinski definition) is 6. The van der Waals surface area contributed by atoms with Gasteiger partial charge < -0.3 is 14.2 Å². The highest BCUT2D eigenvalue weighted by Crippen LogP contribution is 2.43. The summed E-state index contributed by atoms with van der Waals surface area (Å²) in [5.74, 6) is 0.763. The molecule has 8 heteroatoms. The fraction of sp³-hybridized carbons (Fsp3) is 0.667. The summed E-state index contributed by atoms with van der Waals surface area (Å²) >= 11 is 0. The van der Waals surface area contributed by atoms with Crippen molar-refractivity contribution in [3.8, 4) is 5.75 Å². The fourth-order valence-corrected chi connectivity index (χ4v) is 4.27. The lowest BCUT2D eigenvalue weighted by Crippen LogP contribution is -2.36. The molecule has 1 unspecified atom stereocenters. The number of para-hydroxylation sites is 1. The lowest BCUT2D eigenvalue weighted by atomic mass is 9.94. The molecule has 1 N–H and O–H groups in total. The van der Waals surface area contributed by atoms with E-state index in [1.165, 1.54) is 7.11 Å². The van der Waals surface area contributed by atoms with Crippen molar-refractivity contribution >= 4 is 13.5 Å². The summed E-state index contributed by atoms with van der Waals surface area (Å²) < 4.78 is 34.8. The van der Waals surface area contributed by atoms with E-state index in [0.717, 1.165) is 16.9 Å². The molecule has 29 heavy (non-hydrogen) atoms. The van der Waals surface area contributed by atoms with Gasteiger partial charge in [-0.2, -0.15) is 0 Å². The maximum absolute atomic E-state index is 13.1. The zero-order valence-electron chi connectivity index (χ0n) is 18.9. The molecular weight excluding hydrogens is 393 g/mol. The van der Waals surface area contributed by atoms with E-state index < -0.39 is 19.5 Å². The van der Waals surface area contributed by atoms with Crippen LogP contribution in [0.2, 0.25) is 0 Å². The second kappa shape index (κ2) is 11.7. The minimum atomic E-state index is -3.49. The van der Waals surface area contributed by atoms with Gasteiger partial charge in [-0.1, -0.05) is 45.9 Å². The molecule has 1 aromatic carbocycles. The summed E-state index contributed by atoms with van der Waals surface area (Å²) in [6.45, 7) is 13.2.